The molecule has 36 heavy (non-hydrogen) atoms. The molecule has 202 valence electrons. The molecule has 1 saturated carbocycles. The van der Waals surface area contributed by atoms with Crippen LogP contribution in [0.5, 0.6) is 0 Å². The number of benzene rings is 2. The number of nitrogens with two attached hydrogens (primary N) is 1. The number of aliphatic hydroxyl groups is 2. The predicted octanol–water partition coefficient (Wildman–Crippen LogP) is 6.84. The zero-order chi connectivity index (χ0) is 27.4. The molecule has 0 aliphatic heterocycles. The number of amidine groups is 1. The second kappa shape index (κ2) is 14.8. The summed E-state index contributed by atoms with van der Waals surface area (Å²) in [5.41, 5.74) is 3.34. The second-order valence-corrected chi connectivity index (χ2v) is 8.67. The molecule has 0 aromatic heterocycles. The van der Waals surface area contributed by atoms with Crippen LogP contribution in [0.25, 0.3) is 0 Å². The molecular weight excluding hydrogens is 486 g/mol. The fourth-order valence-electron chi connectivity index (χ4n) is 4.28. The quantitative estimate of drug-likeness (QED) is 0.229. The van der Waals surface area contributed by atoms with Gasteiger partial charge in [0, 0.05) is 19.6 Å². The standard InChI is InChI=1S/C19H24F6N2O.C6H6.CH4O/c1-11-3-2-4-12(7-11)8-13(10-28)15-9-14(27-17(26)19(23,24)25)5-6-16(15)18(20,21)22;1-2-4-6-5-3-1;1-2/h5-6,9,11-13,28H,2-4,7-8,10H2,1H3,(H2,26,27);1-6H;2H,1H3. The molecule has 2 aromatic rings. The highest BCUT2D eigenvalue weighted by molar-refractivity contribution is 5.88. The molecule has 3 rings (SSSR count). The Hall–Kier alpha value is -2.59. The third-order valence-corrected chi connectivity index (χ3v) is 5.87. The summed E-state index contributed by atoms with van der Waals surface area (Å²) in [6.45, 7) is 1.55. The van der Waals surface area contributed by atoms with Crippen LogP contribution in [0.1, 0.15) is 56.1 Å². The van der Waals surface area contributed by atoms with E-state index in [0.717, 1.165) is 44.9 Å². The van der Waals surface area contributed by atoms with Crippen LogP contribution in [-0.2, 0) is 6.18 Å². The number of aliphatic imine (C=N–C) groups is 1. The van der Waals surface area contributed by atoms with E-state index in [0.29, 0.717) is 18.4 Å². The van der Waals surface area contributed by atoms with Crippen molar-refractivity contribution < 1.29 is 36.6 Å². The lowest BCUT2D eigenvalue weighted by molar-refractivity contribution is -0.138. The van der Waals surface area contributed by atoms with Crippen molar-refractivity contribution >= 4 is 11.5 Å². The molecule has 0 saturated heterocycles. The van der Waals surface area contributed by atoms with Gasteiger partial charge in [-0.1, -0.05) is 62.6 Å². The molecule has 4 nitrogen and oxygen atoms in total. The SMILES string of the molecule is CC1CCCC(CC(CO)c2cc(N=C(N)C(F)(F)F)ccc2C(F)(F)F)C1.CO.c1ccccc1. The Balaban J connectivity index is 0.000000694. The summed E-state index contributed by atoms with van der Waals surface area (Å²) in [5.74, 6) is -1.86. The van der Waals surface area contributed by atoms with E-state index in [4.69, 9.17) is 10.8 Å². The van der Waals surface area contributed by atoms with Crippen LogP contribution >= 0.6 is 0 Å². The zero-order valence-corrected chi connectivity index (χ0v) is 20.4. The molecule has 0 bridgehead atoms. The first-order chi connectivity index (χ1) is 16.9. The highest BCUT2D eigenvalue weighted by Crippen LogP contribution is 2.41. The highest BCUT2D eigenvalue weighted by Gasteiger charge is 2.37. The average Bonchev–Trinajstić information content (AvgIpc) is 2.84. The van der Waals surface area contributed by atoms with Gasteiger partial charge < -0.3 is 15.9 Å². The fraction of sp³-hybridized carbons (Fsp3) is 0.500. The van der Waals surface area contributed by atoms with Crippen molar-refractivity contribution in [2.75, 3.05) is 13.7 Å². The summed E-state index contributed by atoms with van der Waals surface area (Å²) in [4.78, 5) is 3.21. The molecule has 0 heterocycles. The number of alkyl halides is 6. The third-order valence-electron chi connectivity index (χ3n) is 5.87. The summed E-state index contributed by atoms with van der Waals surface area (Å²) in [6.07, 6.45) is -5.47. The van der Waals surface area contributed by atoms with Gasteiger partial charge in [-0.05, 0) is 48.4 Å². The molecule has 10 heteroatoms. The van der Waals surface area contributed by atoms with Crippen molar-refractivity contribution in [2.24, 2.45) is 22.6 Å². The maximum Gasteiger partial charge on any atom is 0.448 e. The summed E-state index contributed by atoms with van der Waals surface area (Å²) in [5, 5.41) is 16.8. The van der Waals surface area contributed by atoms with E-state index in [1.165, 1.54) is 0 Å². The lowest BCUT2D eigenvalue weighted by Crippen LogP contribution is -2.30. The minimum atomic E-state index is -4.88. The van der Waals surface area contributed by atoms with Gasteiger partial charge in [0.2, 0.25) is 5.84 Å². The van der Waals surface area contributed by atoms with Crippen molar-refractivity contribution in [3.8, 4) is 0 Å². The van der Waals surface area contributed by atoms with Gasteiger partial charge in [0.25, 0.3) is 0 Å². The molecule has 3 unspecified atom stereocenters. The number of hydrogen-bond acceptors (Lipinski definition) is 3. The first-order valence-corrected chi connectivity index (χ1v) is 11.6. The Morgan fingerprint density at radius 2 is 1.56 bits per heavy atom. The number of hydrogen-bond donors (Lipinski definition) is 3. The number of rotatable bonds is 5. The summed E-state index contributed by atoms with van der Waals surface area (Å²) in [6, 6.07) is 14.5. The molecule has 4 N–H and O–H groups in total. The molecular formula is C26H34F6N2O2. The molecule has 0 amide bonds. The van der Waals surface area contributed by atoms with Gasteiger partial charge in [0.1, 0.15) is 0 Å². The van der Waals surface area contributed by atoms with Crippen LogP contribution < -0.4 is 5.73 Å². The maximum atomic E-state index is 13.4. The van der Waals surface area contributed by atoms with Crippen molar-refractivity contribution in [3.63, 3.8) is 0 Å². The van der Waals surface area contributed by atoms with Crippen LogP contribution in [0.3, 0.4) is 0 Å². The lowest BCUT2D eigenvalue weighted by atomic mass is 9.76. The average molecular weight is 521 g/mol. The largest absolute Gasteiger partial charge is 0.448 e. The molecule has 1 aliphatic rings. The van der Waals surface area contributed by atoms with Crippen LogP contribution in [-0.4, -0.2) is 35.9 Å². The molecule has 0 spiro atoms. The number of halogens is 6. The Bertz CT molecular complexity index is 890. The monoisotopic (exact) mass is 520 g/mol. The van der Waals surface area contributed by atoms with Crippen molar-refractivity contribution in [3.05, 3.63) is 65.7 Å². The molecule has 1 aliphatic carbocycles. The minimum Gasteiger partial charge on any atom is -0.400 e. The van der Waals surface area contributed by atoms with E-state index < -0.39 is 36.3 Å². The van der Waals surface area contributed by atoms with Crippen LogP contribution in [0, 0.1) is 11.8 Å². The van der Waals surface area contributed by atoms with E-state index in [1.807, 2.05) is 36.4 Å². The molecule has 0 radical (unpaired) electrons. The van der Waals surface area contributed by atoms with Crippen molar-refractivity contribution in [1.82, 2.24) is 0 Å². The van der Waals surface area contributed by atoms with Crippen LogP contribution in [0.4, 0.5) is 32.0 Å². The normalized spacial score (nSPS) is 19.3. The number of aliphatic hydroxyl groups excluding tert-OH is 2. The van der Waals surface area contributed by atoms with E-state index in [9.17, 15) is 31.4 Å². The Morgan fingerprint density at radius 3 is 2.00 bits per heavy atom. The van der Waals surface area contributed by atoms with Gasteiger partial charge in [-0.3, -0.25) is 0 Å². The number of nitrogens with zero attached hydrogens (tertiary/aromatic N) is 1. The van der Waals surface area contributed by atoms with Gasteiger partial charge in [-0.25, -0.2) is 4.99 Å². The molecule has 3 atom stereocenters. The first-order valence-electron chi connectivity index (χ1n) is 11.6. The van der Waals surface area contributed by atoms with E-state index in [-0.39, 0.29) is 17.2 Å². The minimum absolute atomic E-state index is 0.161. The topological polar surface area (TPSA) is 78.8 Å². The van der Waals surface area contributed by atoms with Crippen molar-refractivity contribution in [1.29, 1.82) is 0 Å². The second-order valence-electron chi connectivity index (χ2n) is 8.67. The fourth-order valence-corrected chi connectivity index (χ4v) is 4.28. The van der Waals surface area contributed by atoms with Crippen molar-refractivity contribution in [2.45, 2.75) is 57.3 Å². The Labute approximate surface area is 207 Å². The van der Waals surface area contributed by atoms with E-state index >= 15 is 0 Å². The zero-order valence-electron chi connectivity index (χ0n) is 20.4. The van der Waals surface area contributed by atoms with Gasteiger partial charge in [-0.15, -0.1) is 0 Å². The lowest BCUT2D eigenvalue weighted by Gasteiger charge is -2.30. The Kier molecular flexibility index (Phi) is 13.0. The van der Waals surface area contributed by atoms with Gasteiger partial charge >= 0.3 is 12.4 Å². The van der Waals surface area contributed by atoms with E-state index in [2.05, 4.69) is 11.9 Å². The van der Waals surface area contributed by atoms with E-state index in [1.54, 1.807) is 0 Å². The van der Waals surface area contributed by atoms with Gasteiger partial charge in [0.15, 0.2) is 0 Å². The summed E-state index contributed by atoms with van der Waals surface area (Å²) in [7, 11) is 1.00. The molecule has 2 aromatic carbocycles. The van der Waals surface area contributed by atoms with Gasteiger partial charge in [-0.2, -0.15) is 26.3 Å². The maximum absolute atomic E-state index is 13.4. The highest BCUT2D eigenvalue weighted by atomic mass is 19.4. The Morgan fingerprint density at radius 1 is 1.00 bits per heavy atom. The van der Waals surface area contributed by atoms with Crippen LogP contribution in [0.15, 0.2) is 59.6 Å². The summed E-state index contributed by atoms with van der Waals surface area (Å²) >= 11 is 0. The summed E-state index contributed by atoms with van der Waals surface area (Å²) < 4.78 is 78.1. The first kappa shape index (κ1) is 31.4. The molecule has 1 fully saturated rings. The smallest absolute Gasteiger partial charge is 0.400 e. The predicted molar refractivity (Wildman–Crippen MR) is 129 cm³/mol. The van der Waals surface area contributed by atoms with Gasteiger partial charge in [0.05, 0.1) is 11.3 Å². The third kappa shape index (κ3) is 10.6. The van der Waals surface area contributed by atoms with Crippen LogP contribution in [0.2, 0.25) is 0 Å².